The van der Waals surface area contributed by atoms with Crippen molar-refractivity contribution in [3.05, 3.63) is 89.7 Å². The van der Waals surface area contributed by atoms with E-state index >= 15 is 0 Å². The molecule has 1 aliphatic heterocycles. The van der Waals surface area contributed by atoms with Crippen LogP contribution in [0.2, 0.25) is 0 Å². The Labute approximate surface area is 193 Å². The second kappa shape index (κ2) is 9.50. The maximum Gasteiger partial charge on any atom is 0.261 e. The normalized spacial score (nSPS) is 13.3. The van der Waals surface area contributed by atoms with Gasteiger partial charge in [-0.3, -0.25) is 9.52 Å². The number of hydrogen-bond donors (Lipinski definition) is 1. The molecule has 0 atom stereocenters. The predicted octanol–water partition coefficient (Wildman–Crippen LogP) is 3.48. The van der Waals surface area contributed by atoms with Crippen molar-refractivity contribution < 1.29 is 17.9 Å². The van der Waals surface area contributed by atoms with Gasteiger partial charge in [0.2, 0.25) is 0 Å². The first-order valence-electron chi connectivity index (χ1n) is 10.6. The molecule has 0 radical (unpaired) electrons. The van der Waals surface area contributed by atoms with Crippen LogP contribution in [0.3, 0.4) is 0 Å². The van der Waals surface area contributed by atoms with Gasteiger partial charge >= 0.3 is 0 Å². The van der Waals surface area contributed by atoms with Crippen LogP contribution in [0.25, 0.3) is 0 Å². The highest BCUT2D eigenvalue weighted by atomic mass is 32.2. The first-order chi connectivity index (χ1) is 15.8. The van der Waals surface area contributed by atoms with Crippen molar-refractivity contribution in [3.63, 3.8) is 0 Å². The van der Waals surface area contributed by atoms with Crippen molar-refractivity contribution >= 4 is 21.6 Å². The molecule has 1 amide bonds. The maximum atomic E-state index is 13.6. The Morgan fingerprint density at radius 2 is 1.91 bits per heavy atom. The minimum atomic E-state index is -3.86. The Morgan fingerprint density at radius 3 is 2.58 bits per heavy atom. The molecule has 4 rings (SSSR count). The van der Waals surface area contributed by atoms with Crippen molar-refractivity contribution in [1.82, 2.24) is 14.5 Å². The average Bonchev–Trinajstić information content (AvgIpc) is 3.45. The van der Waals surface area contributed by atoms with E-state index in [1.165, 1.54) is 0 Å². The second-order valence-corrected chi connectivity index (χ2v) is 9.57. The van der Waals surface area contributed by atoms with Crippen LogP contribution in [0.1, 0.15) is 28.2 Å². The summed E-state index contributed by atoms with van der Waals surface area (Å²) in [6, 6.07) is 13.1. The zero-order chi connectivity index (χ0) is 23.4. The average molecular weight is 467 g/mol. The number of imidazole rings is 1. The summed E-state index contributed by atoms with van der Waals surface area (Å²) in [5.41, 5.74) is 1.42. The number of para-hydroxylation sites is 1. The van der Waals surface area contributed by atoms with Gasteiger partial charge in [-0.1, -0.05) is 29.8 Å². The molecule has 0 saturated heterocycles. The molecular formula is C24H26N4O4S. The summed E-state index contributed by atoms with van der Waals surface area (Å²) < 4.78 is 36.0. The highest BCUT2D eigenvalue weighted by molar-refractivity contribution is 7.92. The molecule has 0 unspecified atom stereocenters. The van der Waals surface area contributed by atoms with E-state index in [4.69, 9.17) is 4.74 Å². The summed E-state index contributed by atoms with van der Waals surface area (Å²) in [6.07, 6.45) is 6.25. The van der Waals surface area contributed by atoms with Crippen LogP contribution >= 0.6 is 0 Å². The lowest BCUT2D eigenvalue weighted by Gasteiger charge is -2.24. The molecule has 1 N–H and O–H groups in total. The number of aromatic nitrogens is 2. The van der Waals surface area contributed by atoms with E-state index in [9.17, 15) is 13.2 Å². The molecule has 2 heterocycles. The predicted molar refractivity (Wildman–Crippen MR) is 125 cm³/mol. The molecule has 33 heavy (non-hydrogen) atoms. The van der Waals surface area contributed by atoms with Gasteiger partial charge in [-0.25, -0.2) is 13.4 Å². The number of sulfonamides is 1. The molecule has 8 nitrogen and oxygen atoms in total. The van der Waals surface area contributed by atoms with Gasteiger partial charge in [0, 0.05) is 25.9 Å². The number of ether oxygens (including phenoxy) is 1. The van der Waals surface area contributed by atoms with E-state index in [1.807, 2.05) is 30.8 Å². The molecule has 0 fully saturated rings. The fourth-order valence-electron chi connectivity index (χ4n) is 3.54. The van der Waals surface area contributed by atoms with Gasteiger partial charge in [0.05, 0.1) is 35.8 Å². The van der Waals surface area contributed by atoms with E-state index in [-0.39, 0.29) is 35.1 Å². The molecule has 0 spiro atoms. The van der Waals surface area contributed by atoms with E-state index in [0.717, 1.165) is 17.7 Å². The number of hydrogen-bond acceptors (Lipinski definition) is 5. The highest BCUT2D eigenvalue weighted by Gasteiger charge is 2.25. The topological polar surface area (TPSA) is 93.5 Å². The zero-order valence-corrected chi connectivity index (χ0v) is 19.4. The van der Waals surface area contributed by atoms with Gasteiger partial charge in [-0.2, -0.15) is 0 Å². The standard InChI is InChI=1S/C24H26N4O4S/c1-18-9-11-20(12-10-18)33(30,31)26-22-8-4-3-7-21(22)24(29)28(16-19-6-5-15-32-19)17-23-25-13-14-27(23)2/h3-4,6-14,26H,5,15-17H2,1-2H3. The van der Waals surface area contributed by atoms with E-state index in [0.29, 0.717) is 12.4 Å². The third kappa shape index (κ3) is 5.25. The fourth-order valence-corrected chi connectivity index (χ4v) is 4.62. The molecule has 1 aromatic heterocycles. The van der Waals surface area contributed by atoms with E-state index in [1.54, 1.807) is 59.6 Å². The van der Waals surface area contributed by atoms with E-state index < -0.39 is 10.0 Å². The number of rotatable bonds is 8. The van der Waals surface area contributed by atoms with Crippen LogP contribution in [-0.2, 0) is 28.4 Å². The third-order valence-electron chi connectivity index (χ3n) is 5.40. The number of benzene rings is 2. The molecule has 0 bridgehead atoms. The number of nitrogens with zero attached hydrogens (tertiary/aromatic N) is 3. The van der Waals surface area contributed by atoms with E-state index in [2.05, 4.69) is 9.71 Å². The summed E-state index contributed by atoms with van der Waals surface area (Å²) in [5, 5.41) is 0. The van der Waals surface area contributed by atoms with Crippen molar-refractivity contribution in [1.29, 1.82) is 0 Å². The van der Waals surface area contributed by atoms with Crippen molar-refractivity contribution in [3.8, 4) is 0 Å². The number of anilines is 1. The highest BCUT2D eigenvalue weighted by Crippen LogP contribution is 2.24. The number of carbonyl (C=O) groups excluding carboxylic acids is 1. The van der Waals surface area contributed by atoms with Gasteiger partial charge in [-0.15, -0.1) is 0 Å². The van der Waals surface area contributed by atoms with Crippen LogP contribution < -0.4 is 4.72 Å². The first kappa shape index (κ1) is 22.6. The lowest BCUT2D eigenvalue weighted by molar-refractivity contribution is 0.0723. The number of aryl methyl sites for hydroxylation is 2. The summed E-state index contributed by atoms with van der Waals surface area (Å²) in [5.74, 6) is 1.10. The van der Waals surface area contributed by atoms with Crippen LogP contribution in [-0.4, -0.2) is 41.9 Å². The number of amides is 1. The van der Waals surface area contributed by atoms with Crippen LogP contribution in [0.4, 0.5) is 5.69 Å². The van der Waals surface area contributed by atoms with Crippen molar-refractivity contribution in [2.45, 2.75) is 24.8 Å². The van der Waals surface area contributed by atoms with Gasteiger partial charge < -0.3 is 14.2 Å². The molecule has 0 saturated carbocycles. The molecule has 0 aliphatic carbocycles. The lowest BCUT2D eigenvalue weighted by atomic mass is 10.1. The summed E-state index contributed by atoms with van der Waals surface area (Å²) in [7, 11) is -2.00. The minimum Gasteiger partial charge on any atom is -0.496 e. The van der Waals surface area contributed by atoms with Crippen LogP contribution in [0.15, 0.2) is 77.7 Å². The minimum absolute atomic E-state index is 0.129. The molecule has 9 heteroatoms. The van der Waals surface area contributed by atoms with Crippen LogP contribution in [0.5, 0.6) is 0 Å². The molecule has 1 aliphatic rings. The van der Waals surface area contributed by atoms with Gasteiger partial charge in [0.25, 0.3) is 15.9 Å². The van der Waals surface area contributed by atoms with Gasteiger partial charge in [0.1, 0.15) is 11.6 Å². The largest absolute Gasteiger partial charge is 0.496 e. The number of nitrogens with one attached hydrogen (secondary N) is 1. The Bertz CT molecular complexity index is 1280. The SMILES string of the molecule is Cc1ccc(S(=O)(=O)Nc2ccccc2C(=O)N(CC2=CCCO2)Cc2nccn2C)cc1. The zero-order valence-electron chi connectivity index (χ0n) is 18.6. The maximum absolute atomic E-state index is 13.6. The van der Waals surface area contributed by atoms with Gasteiger partial charge in [0.15, 0.2) is 0 Å². The monoisotopic (exact) mass is 466 g/mol. The van der Waals surface area contributed by atoms with Gasteiger partial charge in [-0.05, 0) is 37.3 Å². The lowest BCUT2D eigenvalue weighted by Crippen LogP contribution is -2.34. The summed E-state index contributed by atoms with van der Waals surface area (Å²) in [6.45, 7) is 3.00. The van der Waals surface area contributed by atoms with Crippen molar-refractivity contribution in [2.75, 3.05) is 17.9 Å². The molecule has 3 aromatic rings. The Morgan fingerprint density at radius 1 is 1.15 bits per heavy atom. The van der Waals surface area contributed by atoms with Crippen LogP contribution in [0, 0.1) is 6.92 Å². The Hall–Kier alpha value is -3.59. The summed E-state index contributed by atoms with van der Waals surface area (Å²) >= 11 is 0. The quantitative estimate of drug-likeness (QED) is 0.549. The second-order valence-electron chi connectivity index (χ2n) is 7.89. The Balaban J connectivity index is 1.64. The van der Waals surface area contributed by atoms with Crippen molar-refractivity contribution in [2.24, 2.45) is 7.05 Å². The third-order valence-corrected chi connectivity index (χ3v) is 6.78. The molecule has 172 valence electrons. The number of carbonyl (C=O) groups is 1. The molecule has 2 aromatic carbocycles. The smallest absolute Gasteiger partial charge is 0.261 e. The summed E-state index contributed by atoms with van der Waals surface area (Å²) in [4.78, 5) is 19.7. The first-order valence-corrected chi connectivity index (χ1v) is 12.1. The Kier molecular flexibility index (Phi) is 6.50. The fraction of sp³-hybridized carbons (Fsp3) is 0.250. The molecular weight excluding hydrogens is 440 g/mol.